The van der Waals surface area contributed by atoms with Gasteiger partial charge in [-0.3, -0.25) is 9.59 Å². The van der Waals surface area contributed by atoms with E-state index in [1.807, 2.05) is 0 Å². The zero-order valence-corrected chi connectivity index (χ0v) is 16.7. The van der Waals surface area contributed by atoms with Crippen molar-refractivity contribution in [2.75, 3.05) is 39.8 Å². The minimum Gasteiger partial charge on any atom is -0.508 e. The number of aliphatic hydroxyl groups is 1. The SMILES string of the molecule is C1CCOC1.O=Cc1ccc(O)cc1.O=Cc1ccc(OCCF)cc1.OCCF. The van der Waals surface area contributed by atoms with Gasteiger partial charge in [0.2, 0.25) is 0 Å². The largest absolute Gasteiger partial charge is 0.508 e. The summed E-state index contributed by atoms with van der Waals surface area (Å²) in [5.41, 5.74) is 1.16. The van der Waals surface area contributed by atoms with Crippen molar-refractivity contribution < 1.29 is 38.1 Å². The summed E-state index contributed by atoms with van der Waals surface area (Å²) in [5, 5.41) is 16.2. The zero-order chi connectivity index (χ0) is 22.5. The zero-order valence-electron chi connectivity index (χ0n) is 16.7. The Morgan fingerprint density at radius 2 is 1.33 bits per heavy atom. The molecule has 0 radical (unpaired) electrons. The third kappa shape index (κ3) is 15.1. The number of aldehydes is 2. The lowest BCUT2D eigenvalue weighted by molar-refractivity contribution is 0.111. The molecule has 6 nitrogen and oxygen atoms in total. The topological polar surface area (TPSA) is 93.1 Å². The van der Waals surface area contributed by atoms with Gasteiger partial charge in [0.25, 0.3) is 0 Å². The molecule has 0 atom stereocenters. The number of aromatic hydroxyl groups is 1. The Labute approximate surface area is 175 Å². The van der Waals surface area contributed by atoms with E-state index >= 15 is 0 Å². The first kappa shape index (κ1) is 27.2. The molecule has 0 spiro atoms. The van der Waals surface area contributed by atoms with Crippen LogP contribution >= 0.6 is 0 Å². The van der Waals surface area contributed by atoms with E-state index in [2.05, 4.69) is 0 Å². The maximum atomic E-state index is 11.6. The monoisotopic (exact) mass is 426 g/mol. The number of benzene rings is 2. The van der Waals surface area contributed by atoms with Crippen LogP contribution in [0.1, 0.15) is 33.6 Å². The number of phenols is 1. The van der Waals surface area contributed by atoms with Gasteiger partial charge in [0.15, 0.2) is 0 Å². The van der Waals surface area contributed by atoms with Crippen LogP contribution in [0, 0.1) is 0 Å². The Kier molecular flexibility index (Phi) is 17.6. The van der Waals surface area contributed by atoms with Crippen molar-refractivity contribution in [3.05, 3.63) is 59.7 Å². The summed E-state index contributed by atoms with van der Waals surface area (Å²) < 4.78 is 32.0. The number of carbonyl (C=O) groups is 2. The molecule has 8 heteroatoms. The Morgan fingerprint density at radius 3 is 1.67 bits per heavy atom. The van der Waals surface area contributed by atoms with Crippen LogP contribution in [0.4, 0.5) is 8.78 Å². The van der Waals surface area contributed by atoms with Gasteiger partial charge in [-0.2, -0.15) is 0 Å². The van der Waals surface area contributed by atoms with E-state index in [-0.39, 0.29) is 19.0 Å². The summed E-state index contributed by atoms with van der Waals surface area (Å²) in [4.78, 5) is 20.3. The summed E-state index contributed by atoms with van der Waals surface area (Å²) in [5.74, 6) is 0.763. The number of phenolic OH excluding ortho intramolecular Hbond substituents is 1. The summed E-state index contributed by atoms with van der Waals surface area (Å²) in [6.07, 6.45) is 4.04. The first-order valence-electron chi connectivity index (χ1n) is 9.34. The van der Waals surface area contributed by atoms with E-state index in [1.54, 1.807) is 36.4 Å². The highest BCUT2D eigenvalue weighted by Gasteiger charge is 1.95. The summed E-state index contributed by atoms with van der Waals surface area (Å²) in [6, 6.07) is 12.6. The second-order valence-electron chi connectivity index (χ2n) is 5.67. The Hall–Kier alpha value is -2.84. The van der Waals surface area contributed by atoms with Gasteiger partial charge in [-0.1, -0.05) is 0 Å². The molecule has 1 fully saturated rings. The quantitative estimate of drug-likeness (QED) is 0.683. The van der Waals surface area contributed by atoms with Crippen molar-refractivity contribution in [1.82, 2.24) is 0 Å². The minimum absolute atomic E-state index is 0.0560. The predicted octanol–water partition coefficient (Wildman–Crippen LogP) is 3.80. The molecule has 1 aliphatic heterocycles. The molecule has 0 bridgehead atoms. The number of hydrogen-bond donors (Lipinski definition) is 2. The van der Waals surface area contributed by atoms with Crippen LogP contribution in [0.3, 0.4) is 0 Å². The molecule has 2 N–H and O–H groups in total. The maximum absolute atomic E-state index is 11.6. The van der Waals surface area contributed by atoms with Gasteiger partial charge in [0.05, 0.1) is 6.61 Å². The lowest BCUT2D eigenvalue weighted by Crippen LogP contribution is -1.98. The van der Waals surface area contributed by atoms with Crippen LogP contribution in [0.15, 0.2) is 48.5 Å². The fraction of sp³-hybridized carbons (Fsp3) is 0.364. The van der Waals surface area contributed by atoms with Gasteiger partial charge in [-0.25, -0.2) is 8.78 Å². The Balaban J connectivity index is 0.000000409. The molecular weight excluding hydrogens is 398 g/mol. The number of carbonyl (C=O) groups excluding carboxylic acids is 2. The van der Waals surface area contributed by atoms with Crippen molar-refractivity contribution >= 4 is 12.6 Å². The predicted molar refractivity (Wildman–Crippen MR) is 110 cm³/mol. The highest BCUT2D eigenvalue weighted by molar-refractivity contribution is 5.75. The normalized spacial score (nSPS) is 11.4. The van der Waals surface area contributed by atoms with E-state index in [9.17, 15) is 18.4 Å². The molecule has 0 aliphatic carbocycles. The Bertz CT molecular complexity index is 649. The van der Waals surface area contributed by atoms with Crippen LogP contribution in [0.5, 0.6) is 11.5 Å². The fourth-order valence-electron chi connectivity index (χ4n) is 1.86. The molecule has 0 unspecified atom stereocenters. The molecule has 3 rings (SSSR count). The Morgan fingerprint density at radius 1 is 0.867 bits per heavy atom. The van der Waals surface area contributed by atoms with Gasteiger partial charge in [-0.15, -0.1) is 0 Å². The lowest BCUT2D eigenvalue weighted by Gasteiger charge is -2.01. The molecule has 0 saturated carbocycles. The van der Waals surface area contributed by atoms with Crippen LogP contribution in [0.2, 0.25) is 0 Å². The van der Waals surface area contributed by atoms with Crippen molar-refractivity contribution in [3.63, 3.8) is 0 Å². The molecule has 1 heterocycles. The molecular formula is C22H28F2O6. The van der Waals surface area contributed by atoms with Gasteiger partial charge < -0.3 is 19.7 Å². The third-order valence-corrected chi connectivity index (χ3v) is 3.30. The van der Waals surface area contributed by atoms with Crippen LogP contribution in [0.25, 0.3) is 0 Å². The van der Waals surface area contributed by atoms with E-state index in [0.717, 1.165) is 25.8 Å². The van der Waals surface area contributed by atoms with E-state index in [0.29, 0.717) is 16.9 Å². The second kappa shape index (κ2) is 19.5. The number of rotatable bonds is 6. The number of ether oxygens (including phenoxy) is 2. The van der Waals surface area contributed by atoms with E-state index in [4.69, 9.17) is 19.7 Å². The lowest BCUT2D eigenvalue weighted by atomic mass is 10.2. The molecule has 2 aromatic carbocycles. The van der Waals surface area contributed by atoms with Gasteiger partial charge in [0, 0.05) is 24.3 Å². The van der Waals surface area contributed by atoms with Crippen LogP contribution in [-0.4, -0.2) is 62.6 Å². The van der Waals surface area contributed by atoms with Crippen molar-refractivity contribution in [3.8, 4) is 11.5 Å². The third-order valence-electron chi connectivity index (χ3n) is 3.30. The summed E-state index contributed by atoms with van der Waals surface area (Å²) in [6.45, 7) is 0.579. The maximum Gasteiger partial charge on any atom is 0.150 e. The van der Waals surface area contributed by atoms with E-state index in [1.165, 1.54) is 25.0 Å². The molecule has 30 heavy (non-hydrogen) atoms. The molecule has 2 aromatic rings. The molecule has 1 aliphatic rings. The highest BCUT2D eigenvalue weighted by Crippen LogP contribution is 2.10. The van der Waals surface area contributed by atoms with Gasteiger partial charge >= 0.3 is 0 Å². The molecule has 166 valence electrons. The molecule has 0 amide bonds. The van der Waals surface area contributed by atoms with Crippen molar-refractivity contribution in [2.45, 2.75) is 12.8 Å². The minimum atomic E-state index is -0.625. The highest BCUT2D eigenvalue weighted by atomic mass is 19.1. The molecule has 1 saturated heterocycles. The second-order valence-corrected chi connectivity index (χ2v) is 5.67. The fourth-order valence-corrected chi connectivity index (χ4v) is 1.86. The van der Waals surface area contributed by atoms with Crippen molar-refractivity contribution in [1.29, 1.82) is 0 Å². The number of hydrogen-bond acceptors (Lipinski definition) is 6. The van der Waals surface area contributed by atoms with E-state index < -0.39 is 13.3 Å². The summed E-state index contributed by atoms with van der Waals surface area (Å²) >= 11 is 0. The van der Waals surface area contributed by atoms with Crippen LogP contribution < -0.4 is 4.74 Å². The number of alkyl halides is 2. The number of halogens is 2. The first-order chi connectivity index (χ1) is 14.6. The standard InChI is InChI=1S/C9H9FO2.C7H6O2.C4H8O.C2H5FO/c10-5-6-12-9-3-1-8(7-11)2-4-9;8-5-6-1-3-7(9)4-2-6;1-2-4-5-3-1;3-1-2-4/h1-4,7H,5-6H2;1-5,9H;1-4H2;4H,1-2H2. The van der Waals surface area contributed by atoms with Crippen LogP contribution in [-0.2, 0) is 4.74 Å². The first-order valence-corrected chi connectivity index (χ1v) is 9.34. The smallest absolute Gasteiger partial charge is 0.150 e. The average molecular weight is 426 g/mol. The summed E-state index contributed by atoms with van der Waals surface area (Å²) in [7, 11) is 0. The number of aliphatic hydroxyl groups excluding tert-OH is 1. The van der Waals surface area contributed by atoms with Gasteiger partial charge in [0.1, 0.15) is 44.0 Å². The molecule has 0 aromatic heterocycles. The van der Waals surface area contributed by atoms with Crippen molar-refractivity contribution in [2.24, 2.45) is 0 Å². The van der Waals surface area contributed by atoms with Gasteiger partial charge in [-0.05, 0) is 61.4 Å². The average Bonchev–Trinajstić information content (AvgIpc) is 3.39.